The van der Waals surface area contributed by atoms with Crippen LogP contribution in [0.2, 0.25) is 0 Å². The molecule has 0 bridgehead atoms. The van der Waals surface area contributed by atoms with E-state index < -0.39 is 10.5 Å². The Hall–Kier alpha value is -2.69. The third-order valence-electron chi connectivity index (χ3n) is 3.89. The largest absolute Gasteiger partial charge is 0.329 e. The van der Waals surface area contributed by atoms with Crippen LogP contribution in [-0.2, 0) is 6.54 Å². The van der Waals surface area contributed by atoms with Gasteiger partial charge in [0.1, 0.15) is 0 Å². The molecule has 0 aliphatic rings. The van der Waals surface area contributed by atoms with Gasteiger partial charge in [-0.25, -0.2) is 0 Å². The van der Waals surface area contributed by atoms with E-state index in [1.165, 1.54) is 6.07 Å². The molecule has 126 valence electrons. The van der Waals surface area contributed by atoms with Crippen molar-refractivity contribution in [3.05, 3.63) is 75.3 Å². The monoisotopic (exact) mass is 326 g/mol. The fourth-order valence-electron chi connectivity index (χ4n) is 2.47. The summed E-state index contributed by atoms with van der Waals surface area (Å²) in [7, 11) is 0. The third kappa shape index (κ3) is 3.98. The third-order valence-corrected chi connectivity index (χ3v) is 3.89. The van der Waals surface area contributed by atoms with Gasteiger partial charge in [0.2, 0.25) is 0 Å². The van der Waals surface area contributed by atoms with E-state index in [-0.39, 0.29) is 11.6 Å². The van der Waals surface area contributed by atoms with Crippen LogP contribution in [0.15, 0.2) is 48.5 Å². The number of hydrogen-bond donors (Lipinski definition) is 0. The van der Waals surface area contributed by atoms with Crippen molar-refractivity contribution >= 4 is 11.6 Å². The molecule has 0 saturated heterocycles. The Morgan fingerprint density at radius 1 is 1.12 bits per heavy atom. The molecule has 2 rings (SSSR count). The van der Waals surface area contributed by atoms with E-state index in [4.69, 9.17) is 0 Å². The average Bonchev–Trinajstić information content (AvgIpc) is 2.52. The Balaban J connectivity index is 2.38. The first-order chi connectivity index (χ1) is 11.2. The Morgan fingerprint density at radius 2 is 1.75 bits per heavy atom. The van der Waals surface area contributed by atoms with Crippen LogP contribution in [0.4, 0.5) is 5.69 Å². The molecular weight excluding hydrogens is 304 g/mol. The highest BCUT2D eigenvalue weighted by atomic mass is 16.6. The van der Waals surface area contributed by atoms with Gasteiger partial charge in [-0.2, -0.15) is 0 Å². The first-order valence-corrected chi connectivity index (χ1v) is 7.81. The standard InChI is InChI=1S/C19H22N2O3/c1-14-10-11-16(12-17(14)21(23)24)18(22)20(19(2,3)4)13-15-8-6-5-7-9-15/h5-12H,13H2,1-4H3. The van der Waals surface area contributed by atoms with Gasteiger partial charge in [0.25, 0.3) is 11.6 Å². The molecule has 2 aromatic rings. The van der Waals surface area contributed by atoms with Gasteiger partial charge in [0.15, 0.2) is 0 Å². The molecule has 0 fully saturated rings. The Kier molecular flexibility index (Phi) is 5.02. The topological polar surface area (TPSA) is 63.5 Å². The van der Waals surface area contributed by atoms with Crippen LogP contribution in [0.25, 0.3) is 0 Å². The maximum atomic E-state index is 13.0. The molecule has 0 radical (unpaired) electrons. The number of hydrogen-bond acceptors (Lipinski definition) is 3. The molecule has 0 aliphatic carbocycles. The average molecular weight is 326 g/mol. The predicted molar refractivity (Wildman–Crippen MR) is 93.9 cm³/mol. The van der Waals surface area contributed by atoms with Crippen molar-refractivity contribution in [3.8, 4) is 0 Å². The lowest BCUT2D eigenvalue weighted by Gasteiger charge is -2.36. The molecule has 0 spiro atoms. The van der Waals surface area contributed by atoms with Crippen molar-refractivity contribution in [2.75, 3.05) is 0 Å². The molecule has 0 saturated carbocycles. The van der Waals surface area contributed by atoms with Gasteiger partial charge in [0.05, 0.1) is 4.92 Å². The lowest BCUT2D eigenvalue weighted by Crippen LogP contribution is -2.45. The van der Waals surface area contributed by atoms with Gasteiger partial charge < -0.3 is 4.90 Å². The highest BCUT2D eigenvalue weighted by Crippen LogP contribution is 2.24. The lowest BCUT2D eigenvalue weighted by atomic mass is 10.0. The van der Waals surface area contributed by atoms with Gasteiger partial charge in [-0.3, -0.25) is 14.9 Å². The van der Waals surface area contributed by atoms with Crippen LogP contribution in [0, 0.1) is 17.0 Å². The fraction of sp³-hybridized carbons (Fsp3) is 0.316. The normalized spacial score (nSPS) is 11.2. The van der Waals surface area contributed by atoms with Gasteiger partial charge in [0, 0.05) is 29.3 Å². The van der Waals surface area contributed by atoms with Crippen LogP contribution < -0.4 is 0 Å². The summed E-state index contributed by atoms with van der Waals surface area (Å²) in [4.78, 5) is 25.4. The summed E-state index contributed by atoms with van der Waals surface area (Å²) in [6, 6.07) is 14.3. The number of nitro benzene ring substituents is 1. The molecule has 0 N–H and O–H groups in total. The van der Waals surface area contributed by atoms with Crippen molar-refractivity contribution in [3.63, 3.8) is 0 Å². The van der Waals surface area contributed by atoms with Crippen molar-refractivity contribution < 1.29 is 9.72 Å². The first-order valence-electron chi connectivity index (χ1n) is 7.81. The lowest BCUT2D eigenvalue weighted by molar-refractivity contribution is -0.385. The Labute approximate surface area is 142 Å². The number of amides is 1. The highest BCUT2D eigenvalue weighted by Gasteiger charge is 2.28. The molecule has 24 heavy (non-hydrogen) atoms. The number of benzene rings is 2. The van der Waals surface area contributed by atoms with Gasteiger partial charge in [-0.1, -0.05) is 36.4 Å². The maximum Gasteiger partial charge on any atom is 0.273 e. The SMILES string of the molecule is Cc1ccc(C(=O)N(Cc2ccccc2)C(C)(C)C)cc1[N+](=O)[O-]. The van der Waals surface area contributed by atoms with E-state index in [0.29, 0.717) is 17.7 Å². The van der Waals surface area contributed by atoms with Crippen LogP contribution in [-0.4, -0.2) is 21.3 Å². The minimum atomic E-state index is -0.454. The molecule has 5 nitrogen and oxygen atoms in total. The van der Waals surface area contributed by atoms with E-state index in [1.807, 2.05) is 51.1 Å². The van der Waals surface area contributed by atoms with E-state index in [2.05, 4.69) is 0 Å². The van der Waals surface area contributed by atoms with E-state index in [9.17, 15) is 14.9 Å². The van der Waals surface area contributed by atoms with Crippen LogP contribution in [0.3, 0.4) is 0 Å². The number of carbonyl (C=O) groups excluding carboxylic acids is 1. The second-order valence-corrected chi connectivity index (χ2v) is 6.81. The summed E-state index contributed by atoms with van der Waals surface area (Å²) in [6.07, 6.45) is 0. The second kappa shape index (κ2) is 6.83. The zero-order valence-electron chi connectivity index (χ0n) is 14.4. The molecule has 0 aliphatic heterocycles. The zero-order valence-corrected chi connectivity index (χ0v) is 14.4. The molecule has 0 aromatic heterocycles. The summed E-state index contributed by atoms with van der Waals surface area (Å²) >= 11 is 0. The molecule has 2 aromatic carbocycles. The molecule has 1 amide bonds. The van der Waals surface area contributed by atoms with Gasteiger partial charge >= 0.3 is 0 Å². The Bertz CT molecular complexity index is 749. The summed E-state index contributed by atoms with van der Waals surface area (Å²) in [6.45, 7) is 7.98. The van der Waals surface area contributed by atoms with Crippen molar-refractivity contribution in [1.82, 2.24) is 4.90 Å². The quantitative estimate of drug-likeness (QED) is 0.620. The predicted octanol–water partition coefficient (Wildman–Crippen LogP) is 4.34. The number of nitro groups is 1. The fourth-order valence-corrected chi connectivity index (χ4v) is 2.47. The van der Waals surface area contributed by atoms with Gasteiger partial charge in [-0.15, -0.1) is 0 Å². The first kappa shape index (κ1) is 17.7. The van der Waals surface area contributed by atoms with Crippen LogP contribution in [0.5, 0.6) is 0 Å². The maximum absolute atomic E-state index is 13.0. The molecule has 0 heterocycles. The highest BCUT2D eigenvalue weighted by molar-refractivity contribution is 5.95. The molecule has 0 unspecified atom stereocenters. The smallest absolute Gasteiger partial charge is 0.273 e. The molecular formula is C19H22N2O3. The minimum Gasteiger partial charge on any atom is -0.329 e. The van der Waals surface area contributed by atoms with Crippen molar-refractivity contribution in [2.45, 2.75) is 39.8 Å². The summed E-state index contributed by atoms with van der Waals surface area (Å²) in [5.41, 5.74) is 1.45. The van der Waals surface area contributed by atoms with Gasteiger partial charge in [-0.05, 0) is 39.3 Å². The number of nitrogens with zero attached hydrogens (tertiary/aromatic N) is 2. The molecule has 0 atom stereocenters. The molecule has 5 heteroatoms. The van der Waals surface area contributed by atoms with Crippen molar-refractivity contribution in [2.24, 2.45) is 0 Å². The van der Waals surface area contributed by atoms with E-state index >= 15 is 0 Å². The number of carbonyl (C=O) groups is 1. The zero-order chi connectivity index (χ0) is 17.9. The number of aryl methyl sites for hydroxylation is 1. The van der Waals surface area contributed by atoms with Crippen LogP contribution in [0.1, 0.15) is 42.3 Å². The second-order valence-electron chi connectivity index (χ2n) is 6.81. The summed E-state index contributed by atoms with van der Waals surface area (Å²) in [5.74, 6) is -0.213. The Morgan fingerprint density at radius 3 is 2.29 bits per heavy atom. The summed E-state index contributed by atoms with van der Waals surface area (Å²) < 4.78 is 0. The number of rotatable bonds is 4. The van der Waals surface area contributed by atoms with E-state index in [0.717, 1.165) is 5.56 Å². The minimum absolute atomic E-state index is 0.0329. The van der Waals surface area contributed by atoms with Crippen LogP contribution >= 0.6 is 0 Å². The van der Waals surface area contributed by atoms with Crippen molar-refractivity contribution in [1.29, 1.82) is 0 Å². The summed E-state index contributed by atoms with van der Waals surface area (Å²) in [5, 5.41) is 11.1. The van der Waals surface area contributed by atoms with E-state index in [1.54, 1.807) is 24.0 Å².